The lowest BCUT2D eigenvalue weighted by Gasteiger charge is -2.29. The van der Waals surface area contributed by atoms with Crippen LogP contribution in [0.4, 0.5) is 10.5 Å². The zero-order chi connectivity index (χ0) is 16.7. The van der Waals surface area contributed by atoms with Crippen molar-refractivity contribution in [1.82, 2.24) is 4.90 Å². The Morgan fingerprint density at radius 2 is 1.52 bits per heavy atom. The van der Waals surface area contributed by atoms with Crippen molar-refractivity contribution in [3.8, 4) is 0 Å². The Bertz CT molecular complexity index is 596. The van der Waals surface area contributed by atoms with Crippen LogP contribution in [0.3, 0.4) is 0 Å². The molecule has 0 aromatic heterocycles. The van der Waals surface area contributed by atoms with Crippen molar-refractivity contribution in [2.24, 2.45) is 5.92 Å². The number of nitrogens with one attached hydrogen (secondary N) is 1. The summed E-state index contributed by atoms with van der Waals surface area (Å²) in [6.45, 7) is 4.43. The molecule has 0 radical (unpaired) electrons. The van der Waals surface area contributed by atoms with E-state index in [-0.39, 0.29) is 12.1 Å². The first-order chi connectivity index (χ1) is 11.1. The minimum atomic E-state index is -0.0752. The molecule has 23 heavy (non-hydrogen) atoms. The minimum absolute atomic E-state index is 0.0752. The maximum Gasteiger partial charge on any atom is 0.322 e. The van der Waals surface area contributed by atoms with Crippen molar-refractivity contribution < 1.29 is 4.79 Å². The van der Waals surface area contributed by atoms with Gasteiger partial charge in [-0.2, -0.15) is 0 Å². The fraction of sp³-hybridized carbons (Fsp3) is 0.350. The van der Waals surface area contributed by atoms with Crippen LogP contribution in [0.5, 0.6) is 0 Å². The molecule has 1 N–H and O–H groups in total. The summed E-state index contributed by atoms with van der Waals surface area (Å²) in [5.74, 6) is 0.617. The van der Waals surface area contributed by atoms with Gasteiger partial charge in [-0.15, -0.1) is 0 Å². The number of rotatable bonds is 6. The maximum atomic E-state index is 12.6. The number of nitrogens with zero attached hydrogens (tertiary/aromatic N) is 1. The fourth-order valence-corrected chi connectivity index (χ4v) is 2.62. The second-order valence-corrected chi connectivity index (χ2v) is 6.30. The average Bonchev–Trinajstić information content (AvgIpc) is 2.56. The molecule has 2 rings (SSSR count). The van der Waals surface area contributed by atoms with Crippen molar-refractivity contribution in [2.45, 2.75) is 32.7 Å². The van der Waals surface area contributed by atoms with Gasteiger partial charge in [0.15, 0.2) is 0 Å². The molecule has 122 valence electrons. The molecule has 0 aliphatic heterocycles. The van der Waals surface area contributed by atoms with E-state index in [1.54, 1.807) is 0 Å². The van der Waals surface area contributed by atoms with Crippen molar-refractivity contribution in [2.75, 3.05) is 12.4 Å². The van der Waals surface area contributed by atoms with E-state index in [4.69, 9.17) is 0 Å². The van der Waals surface area contributed by atoms with Gasteiger partial charge in [-0.1, -0.05) is 62.4 Å². The Morgan fingerprint density at radius 1 is 0.957 bits per heavy atom. The van der Waals surface area contributed by atoms with Gasteiger partial charge < -0.3 is 10.2 Å². The molecular formula is C20H26N2O. The van der Waals surface area contributed by atoms with Crippen LogP contribution in [0.25, 0.3) is 0 Å². The molecule has 0 saturated carbocycles. The summed E-state index contributed by atoms with van der Waals surface area (Å²) in [5, 5.41) is 2.97. The van der Waals surface area contributed by atoms with Gasteiger partial charge in [0, 0.05) is 12.7 Å². The lowest BCUT2D eigenvalue weighted by atomic mass is 9.97. The lowest BCUT2D eigenvalue weighted by Crippen LogP contribution is -2.35. The number of urea groups is 1. The largest absolute Gasteiger partial charge is 0.322 e. The Hall–Kier alpha value is -2.29. The summed E-state index contributed by atoms with van der Waals surface area (Å²) in [4.78, 5) is 14.4. The molecule has 0 spiro atoms. The Labute approximate surface area is 139 Å². The molecular weight excluding hydrogens is 284 g/mol. The quantitative estimate of drug-likeness (QED) is 0.768. The predicted octanol–water partition coefficient (Wildman–Crippen LogP) is 5.33. The van der Waals surface area contributed by atoms with E-state index in [2.05, 4.69) is 31.3 Å². The van der Waals surface area contributed by atoms with Gasteiger partial charge in [-0.3, -0.25) is 0 Å². The van der Waals surface area contributed by atoms with Crippen molar-refractivity contribution in [3.63, 3.8) is 0 Å². The molecule has 3 nitrogen and oxygen atoms in total. The van der Waals surface area contributed by atoms with E-state index in [0.717, 1.165) is 18.5 Å². The summed E-state index contributed by atoms with van der Waals surface area (Å²) in [6, 6.07) is 19.8. The molecule has 2 aromatic rings. The van der Waals surface area contributed by atoms with Crippen LogP contribution in [-0.4, -0.2) is 18.0 Å². The monoisotopic (exact) mass is 310 g/mol. The summed E-state index contributed by atoms with van der Waals surface area (Å²) in [5.41, 5.74) is 2.00. The molecule has 0 heterocycles. The minimum Gasteiger partial charge on any atom is -0.321 e. The lowest BCUT2D eigenvalue weighted by molar-refractivity contribution is 0.198. The number of carbonyl (C=O) groups is 1. The number of para-hydroxylation sites is 1. The first-order valence-corrected chi connectivity index (χ1v) is 8.21. The molecule has 0 aliphatic rings. The highest BCUT2D eigenvalue weighted by Gasteiger charge is 2.21. The van der Waals surface area contributed by atoms with E-state index in [1.807, 2.05) is 60.5 Å². The van der Waals surface area contributed by atoms with Crippen molar-refractivity contribution in [1.29, 1.82) is 0 Å². The molecule has 3 heteroatoms. The van der Waals surface area contributed by atoms with E-state index < -0.39 is 0 Å². The first kappa shape index (κ1) is 17.1. The van der Waals surface area contributed by atoms with Gasteiger partial charge >= 0.3 is 6.03 Å². The summed E-state index contributed by atoms with van der Waals surface area (Å²) in [6.07, 6.45) is 2.04. The molecule has 0 fully saturated rings. The number of hydrogen-bond donors (Lipinski definition) is 1. The summed E-state index contributed by atoms with van der Waals surface area (Å²) < 4.78 is 0. The Balaban J connectivity index is 2.12. The molecule has 2 aromatic carbocycles. The summed E-state index contributed by atoms with van der Waals surface area (Å²) >= 11 is 0. The molecule has 2 amide bonds. The molecule has 1 unspecified atom stereocenters. The molecule has 0 saturated heterocycles. The van der Waals surface area contributed by atoms with Gasteiger partial charge in [0.05, 0.1) is 6.04 Å². The van der Waals surface area contributed by atoms with Crippen LogP contribution in [0.2, 0.25) is 0 Å². The van der Waals surface area contributed by atoms with Crippen molar-refractivity contribution >= 4 is 11.7 Å². The number of carbonyl (C=O) groups excluding carboxylic acids is 1. The van der Waals surface area contributed by atoms with Crippen molar-refractivity contribution in [3.05, 3.63) is 66.2 Å². The fourth-order valence-electron chi connectivity index (χ4n) is 2.62. The van der Waals surface area contributed by atoms with Gasteiger partial charge in [0.25, 0.3) is 0 Å². The third-order valence-corrected chi connectivity index (χ3v) is 4.01. The Morgan fingerprint density at radius 3 is 2.09 bits per heavy atom. The van der Waals surface area contributed by atoms with Crippen LogP contribution in [0.15, 0.2) is 60.7 Å². The van der Waals surface area contributed by atoms with E-state index in [1.165, 1.54) is 5.56 Å². The standard InChI is InChI=1S/C20H26N2O/c1-16(2)14-15-19(17-10-6-4-7-11-17)22(3)20(23)21-18-12-8-5-9-13-18/h4-13,16,19H,14-15H2,1-3H3,(H,21,23). The first-order valence-electron chi connectivity index (χ1n) is 8.21. The average molecular weight is 310 g/mol. The SMILES string of the molecule is CC(C)CCC(c1ccccc1)N(C)C(=O)Nc1ccccc1. The highest BCUT2D eigenvalue weighted by Crippen LogP contribution is 2.27. The van der Waals surface area contributed by atoms with E-state index in [0.29, 0.717) is 5.92 Å². The van der Waals surface area contributed by atoms with E-state index in [9.17, 15) is 4.79 Å². The zero-order valence-corrected chi connectivity index (χ0v) is 14.2. The number of hydrogen-bond acceptors (Lipinski definition) is 1. The topological polar surface area (TPSA) is 32.3 Å². The second kappa shape index (κ2) is 8.37. The zero-order valence-electron chi connectivity index (χ0n) is 14.2. The van der Waals surface area contributed by atoms with Crippen LogP contribution >= 0.6 is 0 Å². The third kappa shape index (κ3) is 5.13. The number of anilines is 1. The van der Waals surface area contributed by atoms with Gasteiger partial charge in [-0.25, -0.2) is 4.79 Å². The van der Waals surface area contributed by atoms with E-state index >= 15 is 0 Å². The van der Waals surface area contributed by atoms with Gasteiger partial charge in [-0.05, 0) is 36.5 Å². The Kier molecular flexibility index (Phi) is 6.21. The van der Waals surface area contributed by atoms with Crippen LogP contribution in [0.1, 0.15) is 38.3 Å². The smallest absolute Gasteiger partial charge is 0.321 e. The molecule has 0 bridgehead atoms. The third-order valence-electron chi connectivity index (χ3n) is 4.01. The number of benzene rings is 2. The normalized spacial score (nSPS) is 12.0. The van der Waals surface area contributed by atoms with Gasteiger partial charge in [0.1, 0.15) is 0 Å². The van der Waals surface area contributed by atoms with Crippen LogP contribution in [0, 0.1) is 5.92 Å². The number of amides is 2. The predicted molar refractivity (Wildman–Crippen MR) is 96.5 cm³/mol. The highest BCUT2D eigenvalue weighted by molar-refractivity contribution is 5.89. The summed E-state index contributed by atoms with van der Waals surface area (Å²) in [7, 11) is 1.87. The van der Waals surface area contributed by atoms with Crippen LogP contribution < -0.4 is 5.32 Å². The van der Waals surface area contributed by atoms with Crippen LogP contribution in [-0.2, 0) is 0 Å². The molecule has 0 aliphatic carbocycles. The maximum absolute atomic E-state index is 12.6. The highest BCUT2D eigenvalue weighted by atomic mass is 16.2. The molecule has 1 atom stereocenters. The second-order valence-electron chi connectivity index (χ2n) is 6.30. The van der Waals surface area contributed by atoms with Gasteiger partial charge in [0.2, 0.25) is 0 Å².